The molecule has 2 aliphatic rings. The van der Waals surface area contributed by atoms with Gasteiger partial charge in [0.25, 0.3) is 0 Å². The third kappa shape index (κ3) is 2.71. The lowest BCUT2D eigenvalue weighted by Gasteiger charge is -2.43. The minimum absolute atomic E-state index is 0.231. The van der Waals surface area contributed by atoms with Crippen molar-refractivity contribution in [2.75, 3.05) is 13.2 Å². The Hall–Kier alpha value is -1.36. The molecule has 1 amide bonds. The maximum atomic E-state index is 12.8. The molecule has 5 heteroatoms. The standard InChI is InChI=1S/C16H25N3O2/c1-11-13(12(2)18(3)17-11)10-16(20)19-8-9-21-15-7-5-4-6-14(15)19/h14-15H,4-10H2,1-3H3. The number of aromatic nitrogens is 2. The minimum Gasteiger partial charge on any atom is -0.374 e. The number of ether oxygens (including phenoxy) is 1. The molecule has 0 N–H and O–H groups in total. The van der Waals surface area contributed by atoms with Crippen LogP contribution < -0.4 is 0 Å². The average Bonchev–Trinajstić information content (AvgIpc) is 2.73. The second-order valence-corrected chi connectivity index (χ2v) is 6.30. The van der Waals surface area contributed by atoms with Crippen LogP contribution in [0.5, 0.6) is 0 Å². The third-order valence-corrected chi connectivity index (χ3v) is 5.04. The highest BCUT2D eigenvalue weighted by Crippen LogP contribution is 2.29. The lowest BCUT2D eigenvalue weighted by Crippen LogP contribution is -2.55. The largest absolute Gasteiger partial charge is 0.374 e. The van der Waals surface area contributed by atoms with Gasteiger partial charge in [-0.05, 0) is 26.7 Å². The zero-order valence-electron chi connectivity index (χ0n) is 13.3. The highest BCUT2D eigenvalue weighted by molar-refractivity contribution is 5.79. The monoisotopic (exact) mass is 291 g/mol. The van der Waals surface area contributed by atoms with Crippen LogP contribution in [0.25, 0.3) is 0 Å². The fourth-order valence-electron chi connectivity index (χ4n) is 3.73. The summed E-state index contributed by atoms with van der Waals surface area (Å²) >= 11 is 0. The molecule has 2 fully saturated rings. The van der Waals surface area contributed by atoms with Crippen molar-refractivity contribution in [1.82, 2.24) is 14.7 Å². The van der Waals surface area contributed by atoms with Crippen LogP contribution in [-0.2, 0) is 23.0 Å². The first kappa shape index (κ1) is 14.6. The van der Waals surface area contributed by atoms with Crippen molar-refractivity contribution in [2.45, 2.75) is 58.1 Å². The van der Waals surface area contributed by atoms with Gasteiger partial charge in [-0.25, -0.2) is 0 Å². The van der Waals surface area contributed by atoms with Crippen LogP contribution in [0.2, 0.25) is 0 Å². The van der Waals surface area contributed by atoms with Crippen molar-refractivity contribution in [3.63, 3.8) is 0 Å². The zero-order valence-corrected chi connectivity index (χ0v) is 13.3. The van der Waals surface area contributed by atoms with E-state index in [0.29, 0.717) is 13.0 Å². The minimum atomic E-state index is 0.231. The van der Waals surface area contributed by atoms with E-state index in [1.165, 1.54) is 12.8 Å². The molecule has 1 saturated carbocycles. The lowest BCUT2D eigenvalue weighted by atomic mass is 9.89. The summed E-state index contributed by atoms with van der Waals surface area (Å²) in [6.07, 6.45) is 5.34. The van der Waals surface area contributed by atoms with Crippen molar-refractivity contribution >= 4 is 5.91 Å². The molecule has 116 valence electrons. The van der Waals surface area contributed by atoms with Gasteiger partial charge in [0, 0.05) is 24.8 Å². The van der Waals surface area contributed by atoms with Gasteiger partial charge in [0.15, 0.2) is 0 Å². The molecular formula is C16H25N3O2. The van der Waals surface area contributed by atoms with Crippen molar-refractivity contribution in [3.8, 4) is 0 Å². The Morgan fingerprint density at radius 3 is 2.81 bits per heavy atom. The Bertz CT molecular complexity index is 536. The molecule has 1 aromatic heterocycles. The number of rotatable bonds is 2. The molecule has 0 spiro atoms. The molecule has 5 nitrogen and oxygen atoms in total. The predicted molar refractivity (Wildman–Crippen MR) is 80.1 cm³/mol. The lowest BCUT2D eigenvalue weighted by molar-refractivity contribution is -0.148. The van der Waals surface area contributed by atoms with Crippen molar-refractivity contribution in [2.24, 2.45) is 7.05 Å². The van der Waals surface area contributed by atoms with Crippen LogP contribution in [0.4, 0.5) is 0 Å². The molecule has 1 aromatic rings. The molecule has 1 aliphatic heterocycles. The Kier molecular flexibility index (Phi) is 4.02. The summed E-state index contributed by atoms with van der Waals surface area (Å²) in [4.78, 5) is 14.8. The van der Waals surface area contributed by atoms with E-state index in [0.717, 1.165) is 36.3 Å². The van der Waals surface area contributed by atoms with Gasteiger partial charge >= 0.3 is 0 Å². The van der Waals surface area contributed by atoms with Gasteiger partial charge in [-0.15, -0.1) is 0 Å². The highest BCUT2D eigenvalue weighted by atomic mass is 16.5. The van der Waals surface area contributed by atoms with Gasteiger partial charge in [-0.3, -0.25) is 9.48 Å². The second-order valence-electron chi connectivity index (χ2n) is 6.30. The number of morpholine rings is 1. The van der Waals surface area contributed by atoms with Crippen molar-refractivity contribution in [1.29, 1.82) is 0 Å². The predicted octanol–water partition coefficient (Wildman–Crippen LogP) is 1.75. The number of aryl methyl sites for hydroxylation is 2. The number of carbonyl (C=O) groups is 1. The molecule has 0 radical (unpaired) electrons. The summed E-state index contributed by atoms with van der Waals surface area (Å²) in [5.74, 6) is 0.231. The van der Waals surface area contributed by atoms with Gasteiger partial charge in [0.05, 0.1) is 30.9 Å². The van der Waals surface area contributed by atoms with E-state index in [4.69, 9.17) is 4.74 Å². The highest BCUT2D eigenvalue weighted by Gasteiger charge is 2.36. The molecule has 1 saturated heterocycles. The first-order valence-corrected chi connectivity index (χ1v) is 7.98. The van der Waals surface area contributed by atoms with E-state index in [2.05, 4.69) is 10.00 Å². The SMILES string of the molecule is Cc1nn(C)c(C)c1CC(=O)N1CCOC2CCCCC21. The Morgan fingerprint density at radius 2 is 2.10 bits per heavy atom. The van der Waals surface area contributed by atoms with Gasteiger partial charge < -0.3 is 9.64 Å². The normalized spacial score (nSPS) is 25.8. The summed E-state index contributed by atoms with van der Waals surface area (Å²) in [7, 11) is 1.93. The van der Waals surface area contributed by atoms with Crippen LogP contribution in [-0.4, -0.2) is 45.9 Å². The number of nitrogens with zero attached hydrogens (tertiary/aromatic N) is 3. The number of amides is 1. The molecule has 0 aromatic carbocycles. The first-order chi connectivity index (χ1) is 10.1. The third-order valence-electron chi connectivity index (χ3n) is 5.04. The number of hydrogen-bond donors (Lipinski definition) is 0. The molecule has 2 heterocycles. The maximum Gasteiger partial charge on any atom is 0.227 e. The number of hydrogen-bond acceptors (Lipinski definition) is 3. The Morgan fingerprint density at radius 1 is 1.33 bits per heavy atom. The van der Waals surface area contributed by atoms with E-state index in [1.807, 2.05) is 25.6 Å². The fourth-order valence-corrected chi connectivity index (χ4v) is 3.73. The quantitative estimate of drug-likeness (QED) is 0.834. The number of carbonyl (C=O) groups excluding carboxylic acids is 1. The smallest absolute Gasteiger partial charge is 0.227 e. The molecule has 21 heavy (non-hydrogen) atoms. The molecule has 2 atom stereocenters. The van der Waals surface area contributed by atoms with Gasteiger partial charge in [0.2, 0.25) is 5.91 Å². The van der Waals surface area contributed by atoms with Crippen LogP contribution in [0.3, 0.4) is 0 Å². The first-order valence-electron chi connectivity index (χ1n) is 7.98. The number of fused-ring (bicyclic) bond motifs is 1. The van der Waals surface area contributed by atoms with E-state index >= 15 is 0 Å². The van der Waals surface area contributed by atoms with E-state index in [-0.39, 0.29) is 18.1 Å². The summed E-state index contributed by atoms with van der Waals surface area (Å²) in [6, 6.07) is 0.289. The maximum absolute atomic E-state index is 12.8. The zero-order chi connectivity index (χ0) is 15.0. The van der Waals surface area contributed by atoms with Gasteiger partial charge in [-0.2, -0.15) is 5.10 Å². The second kappa shape index (κ2) is 5.79. The topological polar surface area (TPSA) is 47.4 Å². The van der Waals surface area contributed by atoms with Crippen molar-refractivity contribution < 1.29 is 9.53 Å². The Labute approximate surface area is 126 Å². The van der Waals surface area contributed by atoms with E-state index in [9.17, 15) is 4.79 Å². The van der Waals surface area contributed by atoms with Crippen LogP contribution in [0, 0.1) is 13.8 Å². The van der Waals surface area contributed by atoms with E-state index in [1.54, 1.807) is 0 Å². The van der Waals surface area contributed by atoms with E-state index < -0.39 is 0 Å². The molecule has 1 aliphatic carbocycles. The van der Waals surface area contributed by atoms with Crippen LogP contribution in [0.1, 0.15) is 42.6 Å². The summed E-state index contributed by atoms with van der Waals surface area (Å²) in [6.45, 7) is 5.43. The molecular weight excluding hydrogens is 266 g/mol. The molecule has 0 bridgehead atoms. The van der Waals surface area contributed by atoms with Gasteiger partial charge in [-0.1, -0.05) is 12.8 Å². The van der Waals surface area contributed by atoms with Crippen LogP contribution in [0.15, 0.2) is 0 Å². The molecule has 2 unspecified atom stereocenters. The molecule has 3 rings (SSSR count). The van der Waals surface area contributed by atoms with Crippen molar-refractivity contribution in [3.05, 3.63) is 17.0 Å². The summed E-state index contributed by atoms with van der Waals surface area (Å²) in [5, 5.41) is 4.41. The summed E-state index contributed by atoms with van der Waals surface area (Å²) < 4.78 is 7.72. The Balaban J connectivity index is 1.75. The fraction of sp³-hybridized carbons (Fsp3) is 0.750. The van der Waals surface area contributed by atoms with Crippen LogP contribution >= 0.6 is 0 Å². The van der Waals surface area contributed by atoms with Gasteiger partial charge in [0.1, 0.15) is 0 Å². The summed E-state index contributed by atoms with van der Waals surface area (Å²) in [5.41, 5.74) is 3.15. The average molecular weight is 291 g/mol.